The molecule has 0 radical (unpaired) electrons. The number of rotatable bonds is 8. The highest BCUT2D eigenvalue weighted by Crippen LogP contribution is 2.37. The van der Waals surface area contributed by atoms with E-state index in [-0.39, 0.29) is 13.0 Å². The molecule has 1 heterocycles. The number of carboxylic acids is 1. The lowest BCUT2D eigenvalue weighted by molar-refractivity contribution is -0.136. The second-order valence-corrected chi connectivity index (χ2v) is 9.15. The maximum absolute atomic E-state index is 13.5. The van der Waals surface area contributed by atoms with Crippen LogP contribution in [0.4, 0.5) is 4.39 Å². The monoisotopic (exact) mass is 561 g/mol. The number of aliphatic carboxylic acids is 1. The first-order chi connectivity index (χ1) is 13.9. The van der Waals surface area contributed by atoms with Crippen molar-refractivity contribution in [1.29, 1.82) is 0 Å². The molecule has 0 bridgehead atoms. The zero-order chi connectivity index (χ0) is 21.0. The lowest BCUT2D eigenvalue weighted by Gasteiger charge is -2.13. The van der Waals surface area contributed by atoms with Crippen molar-refractivity contribution in [2.45, 2.75) is 26.1 Å². The lowest BCUT2D eigenvalue weighted by Crippen LogP contribution is -2.02. The SMILES string of the molecule is O=C(O)CCc1cc(Br)c(OCc2c(-c3ccc(Cl)cc3)nsc2CF)c(Br)c1. The number of aryl methyl sites for hydroxylation is 1. The molecule has 29 heavy (non-hydrogen) atoms. The molecule has 0 fully saturated rings. The normalized spacial score (nSPS) is 10.9. The predicted molar refractivity (Wildman–Crippen MR) is 120 cm³/mol. The van der Waals surface area contributed by atoms with E-state index >= 15 is 0 Å². The fraction of sp³-hybridized carbons (Fsp3) is 0.200. The van der Waals surface area contributed by atoms with Crippen molar-refractivity contribution in [2.75, 3.05) is 0 Å². The Morgan fingerprint density at radius 3 is 2.45 bits per heavy atom. The average Bonchev–Trinajstić information content (AvgIpc) is 3.09. The first-order valence-electron chi connectivity index (χ1n) is 8.51. The van der Waals surface area contributed by atoms with Crippen LogP contribution in [-0.4, -0.2) is 15.4 Å². The van der Waals surface area contributed by atoms with Crippen molar-refractivity contribution < 1.29 is 19.0 Å². The third-order valence-corrected chi connectivity index (χ3v) is 6.43. The Hall–Kier alpha value is -1.48. The van der Waals surface area contributed by atoms with Gasteiger partial charge in [0.1, 0.15) is 19.0 Å². The van der Waals surface area contributed by atoms with E-state index in [1.54, 1.807) is 12.1 Å². The summed E-state index contributed by atoms with van der Waals surface area (Å²) in [7, 11) is 0. The second-order valence-electron chi connectivity index (χ2n) is 6.14. The molecule has 0 unspecified atom stereocenters. The summed E-state index contributed by atoms with van der Waals surface area (Å²) in [4.78, 5) is 11.3. The van der Waals surface area contributed by atoms with E-state index in [0.29, 0.717) is 42.3 Å². The van der Waals surface area contributed by atoms with E-state index < -0.39 is 12.6 Å². The van der Waals surface area contributed by atoms with Crippen LogP contribution in [0, 0.1) is 0 Å². The Balaban J connectivity index is 1.83. The van der Waals surface area contributed by atoms with Crippen LogP contribution in [0.1, 0.15) is 22.4 Å². The van der Waals surface area contributed by atoms with E-state index in [9.17, 15) is 9.18 Å². The van der Waals surface area contributed by atoms with Gasteiger partial charge < -0.3 is 9.84 Å². The first kappa shape index (κ1) is 22.2. The van der Waals surface area contributed by atoms with Gasteiger partial charge in [0.25, 0.3) is 0 Å². The summed E-state index contributed by atoms with van der Waals surface area (Å²) in [5.74, 6) is -0.293. The number of ether oxygens (including phenoxy) is 1. The number of aromatic nitrogens is 1. The summed E-state index contributed by atoms with van der Waals surface area (Å²) in [6.07, 6.45) is 0.456. The smallest absolute Gasteiger partial charge is 0.303 e. The number of hydrogen-bond donors (Lipinski definition) is 1. The molecule has 152 valence electrons. The van der Waals surface area contributed by atoms with Gasteiger partial charge in [-0.25, -0.2) is 4.39 Å². The van der Waals surface area contributed by atoms with Crippen LogP contribution < -0.4 is 4.74 Å². The van der Waals surface area contributed by atoms with E-state index in [2.05, 4.69) is 36.2 Å². The van der Waals surface area contributed by atoms with Crippen molar-refractivity contribution in [3.63, 3.8) is 0 Å². The van der Waals surface area contributed by atoms with E-state index in [0.717, 1.165) is 22.7 Å². The molecule has 2 aromatic carbocycles. The zero-order valence-electron chi connectivity index (χ0n) is 14.9. The van der Waals surface area contributed by atoms with Crippen molar-refractivity contribution in [3.05, 3.63) is 66.4 Å². The minimum absolute atomic E-state index is 0.0456. The number of hydrogen-bond acceptors (Lipinski definition) is 4. The quantitative estimate of drug-likeness (QED) is 0.319. The van der Waals surface area contributed by atoms with Gasteiger partial charge in [-0.1, -0.05) is 23.7 Å². The Morgan fingerprint density at radius 1 is 1.21 bits per heavy atom. The molecule has 4 nitrogen and oxygen atoms in total. The van der Waals surface area contributed by atoms with Gasteiger partial charge in [0.2, 0.25) is 0 Å². The van der Waals surface area contributed by atoms with Crippen LogP contribution >= 0.6 is 55.0 Å². The summed E-state index contributed by atoms with van der Waals surface area (Å²) in [5.41, 5.74) is 3.06. The minimum atomic E-state index is -0.851. The van der Waals surface area contributed by atoms with Crippen LogP contribution in [0.25, 0.3) is 11.3 Å². The molecule has 0 spiro atoms. The predicted octanol–water partition coefficient (Wildman–Crippen LogP) is 7.05. The second kappa shape index (κ2) is 10.0. The molecule has 0 saturated carbocycles. The molecule has 0 amide bonds. The molecule has 9 heteroatoms. The molecule has 0 aliphatic rings. The highest BCUT2D eigenvalue weighted by atomic mass is 79.9. The molecule has 0 atom stereocenters. The molecule has 0 saturated heterocycles. The molecule has 1 aromatic heterocycles. The number of nitrogens with zero attached hydrogens (tertiary/aromatic N) is 1. The van der Waals surface area contributed by atoms with E-state index in [4.69, 9.17) is 21.4 Å². The molecular formula is C20H15Br2ClFNO3S. The molecule has 1 N–H and O–H groups in total. The van der Waals surface area contributed by atoms with E-state index in [1.165, 1.54) is 0 Å². The average molecular weight is 564 g/mol. The van der Waals surface area contributed by atoms with Crippen molar-refractivity contribution >= 4 is 61.0 Å². The van der Waals surface area contributed by atoms with Gasteiger partial charge in [-0.3, -0.25) is 4.79 Å². The van der Waals surface area contributed by atoms with Crippen molar-refractivity contribution in [1.82, 2.24) is 4.37 Å². The summed E-state index contributed by atoms with van der Waals surface area (Å²) >= 11 is 14.0. The largest absolute Gasteiger partial charge is 0.486 e. The molecule has 3 rings (SSSR count). The summed E-state index contributed by atoms with van der Waals surface area (Å²) < 4.78 is 25.2. The fourth-order valence-corrected chi connectivity index (χ4v) is 5.09. The van der Waals surface area contributed by atoms with Crippen LogP contribution in [-0.2, 0) is 24.5 Å². The van der Waals surface area contributed by atoms with Crippen molar-refractivity contribution in [2.24, 2.45) is 0 Å². The van der Waals surface area contributed by atoms with Crippen LogP contribution in [0.2, 0.25) is 5.02 Å². The van der Waals surface area contributed by atoms with Gasteiger partial charge in [-0.05, 0) is 79.6 Å². The van der Waals surface area contributed by atoms with Crippen LogP contribution in [0.5, 0.6) is 5.75 Å². The molecule has 0 aliphatic carbocycles. The van der Waals surface area contributed by atoms with Gasteiger partial charge in [0, 0.05) is 22.6 Å². The molecular weight excluding hydrogens is 549 g/mol. The minimum Gasteiger partial charge on any atom is -0.486 e. The summed E-state index contributed by atoms with van der Waals surface area (Å²) in [6.45, 7) is -0.486. The number of halogens is 4. The molecule has 3 aromatic rings. The Bertz CT molecular complexity index is 1000. The maximum Gasteiger partial charge on any atom is 0.303 e. The fourth-order valence-electron chi connectivity index (χ4n) is 2.72. The van der Waals surface area contributed by atoms with Crippen LogP contribution in [0.3, 0.4) is 0 Å². The third-order valence-electron chi connectivity index (χ3n) is 4.16. The highest BCUT2D eigenvalue weighted by Gasteiger charge is 2.18. The van der Waals surface area contributed by atoms with Gasteiger partial charge in [-0.2, -0.15) is 4.37 Å². The maximum atomic E-state index is 13.5. The summed E-state index contributed by atoms with van der Waals surface area (Å²) in [6, 6.07) is 10.9. The standard InChI is InChI=1S/C20H15Br2ClFNO3S/c21-15-7-11(1-6-18(26)27)8-16(22)20(15)28-10-14-17(9-24)29-25-19(14)12-2-4-13(23)5-3-12/h2-5,7-8H,1,6,9-10H2,(H,26,27). The van der Waals surface area contributed by atoms with Crippen LogP contribution in [0.15, 0.2) is 45.3 Å². The summed E-state index contributed by atoms with van der Waals surface area (Å²) in [5, 5.41) is 9.47. The van der Waals surface area contributed by atoms with E-state index in [1.807, 2.05) is 24.3 Å². The van der Waals surface area contributed by atoms with Gasteiger partial charge in [0.15, 0.2) is 0 Å². The Labute approximate surface area is 193 Å². The number of alkyl halides is 1. The lowest BCUT2D eigenvalue weighted by atomic mass is 10.1. The van der Waals surface area contributed by atoms with Gasteiger partial charge in [-0.15, -0.1) is 0 Å². The van der Waals surface area contributed by atoms with Gasteiger partial charge >= 0.3 is 5.97 Å². The van der Waals surface area contributed by atoms with Crippen molar-refractivity contribution in [3.8, 4) is 17.0 Å². The topological polar surface area (TPSA) is 59.4 Å². The Kier molecular flexibility index (Phi) is 7.67. The number of carboxylic acid groups (broad SMARTS) is 1. The number of benzene rings is 2. The first-order valence-corrected chi connectivity index (χ1v) is 11.2. The Morgan fingerprint density at radius 2 is 1.86 bits per heavy atom. The number of carbonyl (C=O) groups is 1. The molecule has 0 aliphatic heterocycles. The third kappa shape index (κ3) is 5.57. The zero-order valence-corrected chi connectivity index (χ0v) is 19.7. The van der Waals surface area contributed by atoms with Gasteiger partial charge in [0.05, 0.1) is 19.5 Å². The highest BCUT2D eigenvalue weighted by molar-refractivity contribution is 9.11.